The van der Waals surface area contributed by atoms with Gasteiger partial charge in [-0.15, -0.1) is 0 Å². The third kappa shape index (κ3) is 3.55. The Labute approximate surface area is 159 Å². The minimum Gasteiger partial charge on any atom is -0.347 e. The van der Waals surface area contributed by atoms with E-state index in [0.29, 0.717) is 18.1 Å². The van der Waals surface area contributed by atoms with Gasteiger partial charge < -0.3 is 10.2 Å². The first-order chi connectivity index (χ1) is 12.6. The van der Waals surface area contributed by atoms with E-state index in [1.165, 1.54) is 0 Å². The average molecular weight is 415 g/mol. The van der Waals surface area contributed by atoms with Crippen molar-refractivity contribution >= 4 is 38.7 Å². The van der Waals surface area contributed by atoms with Crippen LogP contribution in [0.3, 0.4) is 0 Å². The molecule has 1 aliphatic heterocycles. The van der Waals surface area contributed by atoms with E-state index in [4.69, 9.17) is 0 Å². The minimum absolute atomic E-state index is 0.0701. The number of amides is 1. The average Bonchev–Trinajstić information content (AvgIpc) is 3.08. The van der Waals surface area contributed by atoms with Crippen molar-refractivity contribution in [3.63, 3.8) is 0 Å². The molecule has 26 heavy (non-hydrogen) atoms. The number of aromatic nitrogens is 4. The van der Waals surface area contributed by atoms with Crippen LogP contribution in [-0.4, -0.2) is 44.8 Å². The van der Waals surface area contributed by atoms with Crippen LogP contribution in [0.15, 0.2) is 41.3 Å². The van der Waals surface area contributed by atoms with E-state index in [1.54, 1.807) is 24.1 Å². The van der Waals surface area contributed by atoms with Crippen LogP contribution in [0.2, 0.25) is 0 Å². The lowest BCUT2D eigenvalue weighted by atomic mass is 10.1. The van der Waals surface area contributed by atoms with Gasteiger partial charge in [0.05, 0.1) is 17.3 Å². The van der Waals surface area contributed by atoms with Gasteiger partial charge in [-0.3, -0.25) is 9.48 Å². The number of anilines is 1. The van der Waals surface area contributed by atoms with Gasteiger partial charge in [-0.05, 0) is 31.0 Å². The largest absolute Gasteiger partial charge is 0.347 e. The van der Waals surface area contributed by atoms with Gasteiger partial charge in [0.1, 0.15) is 0 Å². The Morgan fingerprint density at radius 2 is 2.23 bits per heavy atom. The summed E-state index contributed by atoms with van der Waals surface area (Å²) in [5, 5.41) is 8.15. The third-order valence-electron chi connectivity index (χ3n) is 4.54. The Balaban J connectivity index is 1.48. The maximum Gasteiger partial charge on any atom is 0.254 e. The number of nitrogens with one attached hydrogen (secondary N) is 1. The number of carbonyl (C=O) groups excluding carboxylic acids is 1. The molecule has 0 radical (unpaired) electrons. The molecule has 0 spiro atoms. The molecule has 1 aromatic carbocycles. The second kappa shape index (κ2) is 7.03. The van der Waals surface area contributed by atoms with E-state index in [0.717, 1.165) is 34.8 Å². The quantitative estimate of drug-likeness (QED) is 0.712. The van der Waals surface area contributed by atoms with Crippen molar-refractivity contribution in [2.45, 2.75) is 18.9 Å². The van der Waals surface area contributed by atoms with Crippen LogP contribution >= 0.6 is 15.9 Å². The molecule has 2 aromatic heterocycles. The number of hydrogen-bond acceptors (Lipinski definition) is 5. The molecule has 134 valence electrons. The van der Waals surface area contributed by atoms with Gasteiger partial charge in [0.2, 0.25) is 5.95 Å². The molecular formula is C18H19BrN6O. The van der Waals surface area contributed by atoms with Crippen LogP contribution in [0.25, 0.3) is 10.9 Å². The summed E-state index contributed by atoms with van der Waals surface area (Å²) < 4.78 is 2.64. The van der Waals surface area contributed by atoms with E-state index in [2.05, 4.69) is 41.2 Å². The molecule has 0 aliphatic carbocycles. The minimum atomic E-state index is -0.0887. The highest BCUT2D eigenvalue weighted by molar-refractivity contribution is 9.10. The zero-order valence-corrected chi connectivity index (χ0v) is 16.0. The topological polar surface area (TPSA) is 75.9 Å². The maximum absolute atomic E-state index is 12.4. The van der Waals surface area contributed by atoms with Crippen molar-refractivity contribution in [2.24, 2.45) is 7.05 Å². The van der Waals surface area contributed by atoms with Gasteiger partial charge >= 0.3 is 0 Å². The predicted molar refractivity (Wildman–Crippen MR) is 103 cm³/mol. The highest BCUT2D eigenvalue weighted by Gasteiger charge is 2.24. The van der Waals surface area contributed by atoms with Crippen LogP contribution in [0.4, 0.5) is 5.95 Å². The normalized spacial score (nSPS) is 17.5. The Morgan fingerprint density at radius 1 is 1.35 bits per heavy atom. The Hall–Kier alpha value is -2.48. The zero-order valence-electron chi connectivity index (χ0n) is 14.4. The second-order valence-corrected chi connectivity index (χ2v) is 7.45. The summed E-state index contributed by atoms with van der Waals surface area (Å²) in [6.07, 6.45) is 7.09. The number of benzene rings is 1. The number of rotatable bonds is 3. The number of halogens is 1. The fourth-order valence-electron chi connectivity index (χ4n) is 3.23. The lowest BCUT2D eigenvalue weighted by Gasteiger charge is -2.33. The first-order valence-electron chi connectivity index (χ1n) is 8.55. The molecule has 8 heteroatoms. The molecular weight excluding hydrogens is 396 g/mol. The number of carbonyl (C=O) groups is 1. The van der Waals surface area contributed by atoms with Crippen LogP contribution in [0, 0.1) is 0 Å². The molecule has 1 aliphatic rings. The molecule has 1 N–H and O–H groups in total. The molecule has 3 aromatic rings. The van der Waals surface area contributed by atoms with E-state index < -0.39 is 0 Å². The predicted octanol–water partition coefficient (Wildman–Crippen LogP) is 2.52. The number of fused-ring (bicyclic) bond motifs is 1. The van der Waals surface area contributed by atoms with Crippen molar-refractivity contribution in [2.75, 3.05) is 18.0 Å². The fraction of sp³-hybridized carbons (Fsp3) is 0.333. The molecule has 1 unspecified atom stereocenters. The van der Waals surface area contributed by atoms with Crippen LogP contribution < -0.4 is 10.2 Å². The molecule has 4 rings (SSSR count). The van der Waals surface area contributed by atoms with Crippen LogP contribution in [0.5, 0.6) is 0 Å². The van der Waals surface area contributed by atoms with Gasteiger partial charge in [-0.25, -0.2) is 9.97 Å². The van der Waals surface area contributed by atoms with Gasteiger partial charge in [0.25, 0.3) is 5.91 Å². The molecule has 1 amide bonds. The molecule has 1 saturated heterocycles. The van der Waals surface area contributed by atoms with Gasteiger partial charge in [0, 0.05) is 48.4 Å². The number of aryl methyl sites for hydroxylation is 1. The Morgan fingerprint density at radius 3 is 3.04 bits per heavy atom. The molecule has 1 atom stereocenters. The van der Waals surface area contributed by atoms with Gasteiger partial charge in [-0.1, -0.05) is 15.9 Å². The molecule has 3 heterocycles. The third-order valence-corrected chi connectivity index (χ3v) is 5.03. The number of piperidine rings is 1. The smallest absolute Gasteiger partial charge is 0.254 e. The van der Waals surface area contributed by atoms with Crippen molar-refractivity contribution in [1.29, 1.82) is 0 Å². The molecule has 0 saturated carbocycles. The second-order valence-electron chi connectivity index (χ2n) is 6.53. The summed E-state index contributed by atoms with van der Waals surface area (Å²) in [6.45, 7) is 1.59. The summed E-state index contributed by atoms with van der Waals surface area (Å²) in [7, 11) is 1.80. The van der Waals surface area contributed by atoms with E-state index in [-0.39, 0.29) is 11.9 Å². The first kappa shape index (κ1) is 17.0. The summed E-state index contributed by atoms with van der Waals surface area (Å²) in [6, 6.07) is 6.04. The SMILES string of the molecule is Cn1cc(C(=O)NC2CCCN(c3ncc4cc(Br)ccc4n3)C2)cn1. The number of hydrogen-bond donors (Lipinski definition) is 1. The standard InChI is InChI=1S/C18H19BrN6O/c1-24-10-13(9-21-24)17(26)22-15-3-2-6-25(11-15)18-20-8-12-7-14(19)4-5-16(12)23-18/h4-5,7-10,15H,2-3,6,11H2,1H3,(H,22,26). The molecule has 0 bridgehead atoms. The summed E-state index contributed by atoms with van der Waals surface area (Å²) in [4.78, 5) is 23.7. The van der Waals surface area contributed by atoms with E-state index >= 15 is 0 Å². The van der Waals surface area contributed by atoms with Crippen LogP contribution in [-0.2, 0) is 7.05 Å². The fourth-order valence-corrected chi connectivity index (χ4v) is 3.61. The highest BCUT2D eigenvalue weighted by atomic mass is 79.9. The van der Waals surface area contributed by atoms with Crippen molar-refractivity contribution in [1.82, 2.24) is 25.1 Å². The summed E-state index contributed by atoms with van der Waals surface area (Å²) in [5.74, 6) is 0.620. The van der Waals surface area contributed by atoms with E-state index in [9.17, 15) is 4.79 Å². The van der Waals surface area contributed by atoms with Crippen LogP contribution in [0.1, 0.15) is 23.2 Å². The first-order valence-corrected chi connectivity index (χ1v) is 9.34. The summed E-state index contributed by atoms with van der Waals surface area (Å²) >= 11 is 3.47. The van der Waals surface area contributed by atoms with Gasteiger partial charge in [0.15, 0.2) is 0 Å². The van der Waals surface area contributed by atoms with E-state index in [1.807, 2.05) is 24.4 Å². The maximum atomic E-state index is 12.4. The van der Waals surface area contributed by atoms with Crippen molar-refractivity contribution in [3.05, 3.63) is 46.8 Å². The monoisotopic (exact) mass is 414 g/mol. The zero-order chi connectivity index (χ0) is 18.1. The van der Waals surface area contributed by atoms with Crippen molar-refractivity contribution in [3.8, 4) is 0 Å². The van der Waals surface area contributed by atoms with Crippen molar-refractivity contribution < 1.29 is 4.79 Å². The highest BCUT2D eigenvalue weighted by Crippen LogP contribution is 2.22. The van der Waals surface area contributed by atoms with Gasteiger partial charge in [-0.2, -0.15) is 5.10 Å². The Bertz CT molecular complexity index is 956. The molecule has 1 fully saturated rings. The Kier molecular flexibility index (Phi) is 4.58. The summed E-state index contributed by atoms with van der Waals surface area (Å²) in [5.41, 5.74) is 1.50. The number of nitrogens with zero attached hydrogens (tertiary/aromatic N) is 5. The lowest BCUT2D eigenvalue weighted by molar-refractivity contribution is 0.0933. The molecule has 7 nitrogen and oxygen atoms in total. The lowest BCUT2D eigenvalue weighted by Crippen LogP contribution is -2.48.